The zero-order valence-corrected chi connectivity index (χ0v) is 18.6. The number of anilines is 1. The van der Waals surface area contributed by atoms with Gasteiger partial charge in [0.2, 0.25) is 0 Å². The maximum absolute atomic E-state index is 13.0. The van der Waals surface area contributed by atoms with E-state index >= 15 is 0 Å². The minimum Gasteiger partial charge on any atom is -0.493 e. The first-order valence-electron chi connectivity index (χ1n) is 10.7. The Balaban J connectivity index is 1.52. The molecule has 3 rings (SSSR count). The summed E-state index contributed by atoms with van der Waals surface area (Å²) < 4.78 is 28.9. The standard InChI is InChI=1S/C24H27FN2O6/c1-16-4-3-11-27(13-16)23(29)15-33-24(30)17-5-10-20(21(12-17)31-2)32-14-22(28)26-19-8-6-18(25)7-9-19/h5-10,12,16H,3-4,11,13-15H2,1-2H3,(H,26,28). The van der Waals surface area contributed by atoms with E-state index in [-0.39, 0.29) is 36.2 Å². The number of nitrogens with zero attached hydrogens (tertiary/aromatic N) is 1. The van der Waals surface area contributed by atoms with E-state index in [0.29, 0.717) is 24.7 Å². The number of piperidine rings is 1. The maximum atomic E-state index is 13.0. The molecule has 1 aliphatic rings. The third-order valence-electron chi connectivity index (χ3n) is 5.22. The van der Waals surface area contributed by atoms with Gasteiger partial charge in [-0.15, -0.1) is 0 Å². The molecule has 0 bridgehead atoms. The van der Waals surface area contributed by atoms with Crippen molar-refractivity contribution in [3.05, 3.63) is 53.8 Å². The van der Waals surface area contributed by atoms with E-state index in [1.807, 2.05) is 0 Å². The Kier molecular flexibility index (Phi) is 8.23. The first-order valence-corrected chi connectivity index (χ1v) is 10.7. The molecule has 8 nitrogen and oxygen atoms in total. The van der Waals surface area contributed by atoms with Crippen molar-refractivity contribution in [2.45, 2.75) is 19.8 Å². The number of ether oxygens (including phenoxy) is 3. The molecule has 0 aliphatic carbocycles. The monoisotopic (exact) mass is 458 g/mol. The number of hydrogen-bond donors (Lipinski definition) is 1. The van der Waals surface area contributed by atoms with Crippen LogP contribution >= 0.6 is 0 Å². The highest BCUT2D eigenvalue weighted by atomic mass is 19.1. The molecule has 1 fully saturated rings. The van der Waals surface area contributed by atoms with E-state index in [0.717, 1.165) is 12.8 Å². The summed E-state index contributed by atoms with van der Waals surface area (Å²) in [4.78, 5) is 38.5. The van der Waals surface area contributed by atoms with Gasteiger partial charge in [0.05, 0.1) is 12.7 Å². The molecule has 33 heavy (non-hydrogen) atoms. The normalized spacial score (nSPS) is 15.5. The van der Waals surface area contributed by atoms with Gasteiger partial charge in [0.15, 0.2) is 24.7 Å². The Morgan fingerprint density at radius 3 is 2.55 bits per heavy atom. The Morgan fingerprint density at radius 1 is 1.09 bits per heavy atom. The summed E-state index contributed by atoms with van der Waals surface area (Å²) in [6, 6.07) is 9.70. The van der Waals surface area contributed by atoms with Gasteiger partial charge in [-0.25, -0.2) is 9.18 Å². The molecule has 1 unspecified atom stereocenters. The van der Waals surface area contributed by atoms with Gasteiger partial charge >= 0.3 is 5.97 Å². The van der Waals surface area contributed by atoms with Crippen molar-refractivity contribution in [1.29, 1.82) is 0 Å². The topological polar surface area (TPSA) is 94.2 Å². The lowest BCUT2D eigenvalue weighted by Gasteiger charge is -2.30. The smallest absolute Gasteiger partial charge is 0.338 e. The predicted octanol–water partition coefficient (Wildman–Crippen LogP) is 3.27. The third-order valence-corrected chi connectivity index (χ3v) is 5.22. The van der Waals surface area contributed by atoms with E-state index in [1.54, 1.807) is 4.90 Å². The second kappa shape index (κ2) is 11.3. The van der Waals surface area contributed by atoms with Crippen LogP contribution in [0.2, 0.25) is 0 Å². The fourth-order valence-corrected chi connectivity index (χ4v) is 3.51. The fourth-order valence-electron chi connectivity index (χ4n) is 3.51. The van der Waals surface area contributed by atoms with Gasteiger partial charge in [0, 0.05) is 18.8 Å². The molecule has 0 saturated carbocycles. The molecular formula is C24H27FN2O6. The Hall–Kier alpha value is -3.62. The lowest BCUT2D eigenvalue weighted by Crippen LogP contribution is -2.41. The lowest BCUT2D eigenvalue weighted by molar-refractivity contribution is -0.136. The molecule has 9 heteroatoms. The van der Waals surface area contributed by atoms with E-state index in [4.69, 9.17) is 14.2 Å². The van der Waals surface area contributed by atoms with Gasteiger partial charge in [-0.2, -0.15) is 0 Å². The molecule has 2 amide bonds. The second-order valence-electron chi connectivity index (χ2n) is 7.87. The van der Waals surface area contributed by atoms with Crippen molar-refractivity contribution >= 4 is 23.5 Å². The maximum Gasteiger partial charge on any atom is 0.338 e. The van der Waals surface area contributed by atoms with E-state index in [1.165, 1.54) is 49.6 Å². The zero-order chi connectivity index (χ0) is 23.8. The summed E-state index contributed by atoms with van der Waals surface area (Å²) in [5, 5.41) is 2.58. The fraction of sp³-hybridized carbons (Fsp3) is 0.375. The molecule has 1 N–H and O–H groups in total. The molecule has 0 radical (unpaired) electrons. The number of nitrogens with one attached hydrogen (secondary N) is 1. The van der Waals surface area contributed by atoms with E-state index in [9.17, 15) is 18.8 Å². The van der Waals surface area contributed by atoms with Crippen molar-refractivity contribution in [3.63, 3.8) is 0 Å². The molecule has 1 heterocycles. The molecular weight excluding hydrogens is 431 g/mol. The van der Waals surface area contributed by atoms with Gasteiger partial charge < -0.3 is 24.4 Å². The quantitative estimate of drug-likeness (QED) is 0.611. The van der Waals surface area contributed by atoms with Gasteiger partial charge in [-0.05, 0) is 61.2 Å². The number of amides is 2. The van der Waals surface area contributed by atoms with Crippen LogP contribution in [0.15, 0.2) is 42.5 Å². The van der Waals surface area contributed by atoms with Crippen molar-refractivity contribution in [2.75, 3.05) is 38.7 Å². The minimum absolute atomic E-state index is 0.190. The van der Waals surface area contributed by atoms with Crippen LogP contribution in [0.5, 0.6) is 11.5 Å². The highest BCUT2D eigenvalue weighted by Crippen LogP contribution is 2.28. The van der Waals surface area contributed by atoms with Crippen LogP contribution < -0.4 is 14.8 Å². The Labute approximate surface area is 191 Å². The summed E-state index contributed by atoms with van der Waals surface area (Å²) in [6.07, 6.45) is 2.03. The molecule has 0 aromatic heterocycles. The first kappa shape index (κ1) is 24.0. The average Bonchev–Trinajstić information content (AvgIpc) is 2.82. The summed E-state index contributed by atoms with van der Waals surface area (Å²) >= 11 is 0. The van der Waals surface area contributed by atoms with Crippen LogP contribution in [-0.2, 0) is 14.3 Å². The number of carbonyl (C=O) groups is 3. The summed E-state index contributed by atoms with van der Waals surface area (Å²) in [6.45, 7) is 2.80. The van der Waals surface area contributed by atoms with Crippen molar-refractivity contribution < 1.29 is 33.0 Å². The summed E-state index contributed by atoms with van der Waals surface area (Å²) in [7, 11) is 1.40. The zero-order valence-electron chi connectivity index (χ0n) is 18.6. The van der Waals surface area contributed by atoms with Crippen LogP contribution in [0.1, 0.15) is 30.1 Å². The van der Waals surface area contributed by atoms with Gasteiger partial charge in [0.1, 0.15) is 5.82 Å². The van der Waals surface area contributed by atoms with Crippen molar-refractivity contribution in [1.82, 2.24) is 4.90 Å². The number of hydrogen-bond acceptors (Lipinski definition) is 6. The number of likely N-dealkylation sites (tertiary alicyclic amines) is 1. The number of benzene rings is 2. The lowest BCUT2D eigenvalue weighted by atomic mass is 10.0. The van der Waals surface area contributed by atoms with Crippen LogP contribution in [0.25, 0.3) is 0 Å². The molecule has 1 aliphatic heterocycles. The predicted molar refractivity (Wildman–Crippen MR) is 119 cm³/mol. The van der Waals surface area contributed by atoms with Gasteiger partial charge in [-0.3, -0.25) is 9.59 Å². The Bertz CT molecular complexity index is 995. The number of carbonyl (C=O) groups excluding carboxylic acids is 3. The highest BCUT2D eigenvalue weighted by Gasteiger charge is 2.22. The molecule has 0 spiro atoms. The van der Waals surface area contributed by atoms with Gasteiger partial charge in [-0.1, -0.05) is 6.92 Å². The van der Waals surface area contributed by atoms with Crippen molar-refractivity contribution in [2.24, 2.45) is 5.92 Å². The number of esters is 1. The first-order chi connectivity index (χ1) is 15.9. The molecule has 1 saturated heterocycles. The minimum atomic E-state index is -0.660. The largest absolute Gasteiger partial charge is 0.493 e. The molecule has 2 aromatic rings. The third kappa shape index (κ3) is 6.93. The van der Waals surface area contributed by atoms with Crippen molar-refractivity contribution in [3.8, 4) is 11.5 Å². The Morgan fingerprint density at radius 2 is 1.85 bits per heavy atom. The molecule has 2 aromatic carbocycles. The van der Waals surface area contributed by atoms with Crippen LogP contribution in [0, 0.1) is 11.7 Å². The van der Waals surface area contributed by atoms with Crippen LogP contribution in [0.4, 0.5) is 10.1 Å². The SMILES string of the molecule is COc1cc(C(=O)OCC(=O)N2CCCC(C)C2)ccc1OCC(=O)Nc1ccc(F)cc1. The number of methoxy groups -OCH3 is 1. The molecule has 176 valence electrons. The van der Waals surface area contributed by atoms with Gasteiger partial charge in [0.25, 0.3) is 11.8 Å². The molecule has 1 atom stereocenters. The number of rotatable bonds is 8. The van der Waals surface area contributed by atoms with Crippen LogP contribution in [-0.4, -0.2) is 56.1 Å². The van der Waals surface area contributed by atoms with E-state index in [2.05, 4.69) is 12.2 Å². The highest BCUT2D eigenvalue weighted by molar-refractivity contribution is 5.93. The van der Waals surface area contributed by atoms with E-state index < -0.39 is 17.7 Å². The average molecular weight is 458 g/mol. The summed E-state index contributed by atoms with van der Waals surface area (Å²) in [5.74, 6) is -0.804. The van der Waals surface area contributed by atoms with Crippen LogP contribution in [0.3, 0.4) is 0 Å². The second-order valence-corrected chi connectivity index (χ2v) is 7.87. The number of halogens is 1. The summed E-state index contributed by atoms with van der Waals surface area (Å²) in [5.41, 5.74) is 0.624.